The van der Waals surface area contributed by atoms with Gasteiger partial charge in [-0.3, -0.25) is 0 Å². The number of para-hydroxylation sites is 1. The molecule has 186 valence electrons. The van der Waals surface area contributed by atoms with Crippen molar-refractivity contribution in [3.05, 3.63) is 48.5 Å². The van der Waals surface area contributed by atoms with E-state index in [1.165, 1.54) is 44.0 Å². The minimum Gasteiger partial charge on any atom is -0.493 e. The third-order valence-corrected chi connectivity index (χ3v) is 6.99. The van der Waals surface area contributed by atoms with Gasteiger partial charge in [0.25, 0.3) is 0 Å². The molecule has 0 atom stereocenters. The van der Waals surface area contributed by atoms with Gasteiger partial charge in [0.15, 0.2) is 17.3 Å². The van der Waals surface area contributed by atoms with E-state index in [0.29, 0.717) is 22.4 Å². The van der Waals surface area contributed by atoms with Gasteiger partial charge in [-0.25, -0.2) is 31.5 Å². The zero-order valence-electron chi connectivity index (χ0n) is 18.8. The molecule has 1 aromatic heterocycles. The molecule has 0 saturated heterocycles. The number of methoxy groups -OCH3 is 2. The summed E-state index contributed by atoms with van der Waals surface area (Å²) in [6.45, 7) is 0.322. The number of fused-ring (bicyclic) bond motifs is 1. The summed E-state index contributed by atoms with van der Waals surface area (Å²) in [5.74, 6) is 0.373. The van der Waals surface area contributed by atoms with Crippen molar-refractivity contribution in [3.63, 3.8) is 0 Å². The van der Waals surface area contributed by atoms with Crippen LogP contribution in [0.4, 0.5) is 15.9 Å². The first-order valence-electron chi connectivity index (χ1n) is 9.87. The van der Waals surface area contributed by atoms with Crippen LogP contribution in [0.3, 0.4) is 0 Å². The van der Waals surface area contributed by atoms with Crippen LogP contribution >= 0.6 is 24.2 Å². The molecule has 0 spiro atoms. The molecule has 1 heterocycles. The Labute approximate surface area is 209 Å². The largest absolute Gasteiger partial charge is 0.493 e. The molecule has 0 unspecified atom stereocenters. The molecule has 0 amide bonds. The zero-order valence-corrected chi connectivity index (χ0v) is 21.2. The highest BCUT2D eigenvalue weighted by Gasteiger charge is 2.20. The number of nitrogens with zero attached hydrogens (tertiary/aromatic N) is 4. The quantitative estimate of drug-likeness (QED) is 0.343. The van der Waals surface area contributed by atoms with Gasteiger partial charge in [0.1, 0.15) is 18.8 Å². The van der Waals surface area contributed by atoms with E-state index >= 15 is 0 Å². The van der Waals surface area contributed by atoms with E-state index in [-0.39, 0.29) is 49.4 Å². The lowest BCUT2D eigenvalue weighted by Crippen LogP contribution is -2.34. The third kappa shape index (κ3) is 6.36. The summed E-state index contributed by atoms with van der Waals surface area (Å²) in [5, 5.41) is 0.513. The Balaban J connectivity index is 0.00000408. The zero-order chi connectivity index (χ0) is 24.0. The Morgan fingerprint density at radius 2 is 1.82 bits per heavy atom. The molecule has 0 bridgehead atoms. The van der Waals surface area contributed by atoms with Crippen molar-refractivity contribution in [1.29, 1.82) is 0 Å². The van der Waals surface area contributed by atoms with Crippen molar-refractivity contribution in [1.82, 2.24) is 14.3 Å². The summed E-state index contributed by atoms with van der Waals surface area (Å²) >= 11 is 6.41. The standard InChI is InChI=1S/C21H24ClFN4O5S.ClH/c1-26(33(28,29)11-10-30-2)8-9-32-20-13-17-15(12-19(20)31-3)21(25-14-24-17)27(22)18-7-5-4-6-16(18)23;/h4-7,12-14H,8-11H2,1-3H3;1H. The number of sulfonamides is 1. The third-order valence-electron chi connectivity index (χ3n) is 4.83. The van der Waals surface area contributed by atoms with Crippen LogP contribution in [0.1, 0.15) is 0 Å². The van der Waals surface area contributed by atoms with Crippen molar-refractivity contribution in [2.24, 2.45) is 0 Å². The predicted octanol–water partition coefficient (Wildman–Crippen LogP) is 3.78. The highest BCUT2D eigenvalue weighted by atomic mass is 35.5. The molecular formula is C21H25Cl2FN4O5S. The van der Waals surface area contributed by atoms with E-state index in [2.05, 4.69) is 9.97 Å². The average Bonchev–Trinajstić information content (AvgIpc) is 2.81. The van der Waals surface area contributed by atoms with Crippen LogP contribution in [0.2, 0.25) is 0 Å². The monoisotopic (exact) mass is 534 g/mol. The maximum Gasteiger partial charge on any atom is 0.216 e. The van der Waals surface area contributed by atoms with Crippen LogP contribution < -0.4 is 13.9 Å². The molecule has 3 rings (SSSR count). The summed E-state index contributed by atoms with van der Waals surface area (Å²) in [5.41, 5.74) is 0.620. The van der Waals surface area contributed by atoms with Crippen LogP contribution in [-0.4, -0.2) is 69.5 Å². The lowest BCUT2D eigenvalue weighted by molar-refractivity contribution is 0.215. The van der Waals surface area contributed by atoms with E-state index in [1.807, 2.05) is 0 Å². The lowest BCUT2D eigenvalue weighted by Gasteiger charge is -2.19. The van der Waals surface area contributed by atoms with Crippen LogP contribution in [0.25, 0.3) is 10.9 Å². The molecule has 3 aromatic rings. The van der Waals surface area contributed by atoms with E-state index in [4.69, 9.17) is 26.0 Å². The average molecular weight is 535 g/mol. The number of hydrogen-bond donors (Lipinski definition) is 0. The number of ether oxygens (including phenoxy) is 3. The van der Waals surface area contributed by atoms with Gasteiger partial charge in [-0.1, -0.05) is 12.1 Å². The molecule has 0 N–H and O–H groups in total. The molecule has 13 heteroatoms. The smallest absolute Gasteiger partial charge is 0.216 e. The summed E-state index contributed by atoms with van der Waals surface area (Å²) in [4.78, 5) is 8.45. The van der Waals surface area contributed by atoms with Crippen molar-refractivity contribution >= 4 is 56.6 Å². The van der Waals surface area contributed by atoms with Crippen LogP contribution in [0.5, 0.6) is 11.5 Å². The molecule has 9 nitrogen and oxygen atoms in total. The fourth-order valence-corrected chi connectivity index (χ4v) is 4.29. The van der Waals surface area contributed by atoms with Crippen LogP contribution in [0, 0.1) is 5.82 Å². The minimum atomic E-state index is -3.45. The minimum absolute atomic E-state index is 0. The van der Waals surface area contributed by atoms with E-state index in [0.717, 1.165) is 4.42 Å². The summed E-state index contributed by atoms with van der Waals surface area (Å²) in [6, 6.07) is 9.32. The lowest BCUT2D eigenvalue weighted by atomic mass is 10.2. The van der Waals surface area contributed by atoms with Crippen LogP contribution in [-0.2, 0) is 14.8 Å². The fraction of sp³-hybridized carbons (Fsp3) is 0.333. The van der Waals surface area contributed by atoms with Crippen LogP contribution in [0.15, 0.2) is 42.7 Å². The molecule has 0 saturated carbocycles. The predicted molar refractivity (Wildman–Crippen MR) is 132 cm³/mol. The van der Waals surface area contributed by atoms with Crippen molar-refractivity contribution in [2.75, 3.05) is 51.2 Å². The van der Waals surface area contributed by atoms with E-state index in [1.54, 1.807) is 24.3 Å². The highest BCUT2D eigenvalue weighted by molar-refractivity contribution is 7.89. The van der Waals surface area contributed by atoms with Gasteiger partial charge in [0.05, 0.1) is 30.7 Å². The molecule has 2 aromatic carbocycles. The number of halogens is 3. The summed E-state index contributed by atoms with van der Waals surface area (Å²) in [6.07, 6.45) is 1.31. The fourth-order valence-electron chi connectivity index (χ4n) is 2.97. The maximum absolute atomic E-state index is 14.2. The number of rotatable bonds is 11. The second kappa shape index (κ2) is 12.3. The first-order valence-corrected chi connectivity index (χ1v) is 11.8. The van der Waals surface area contributed by atoms with Crippen molar-refractivity contribution in [3.8, 4) is 11.5 Å². The molecule has 0 aliphatic rings. The normalized spacial score (nSPS) is 11.4. The first kappa shape index (κ1) is 27.8. The topological polar surface area (TPSA) is 94.1 Å². The summed E-state index contributed by atoms with van der Waals surface area (Å²) in [7, 11) is 0.939. The SMILES string of the molecule is COCCS(=O)(=O)N(C)CCOc1cc2ncnc(N(Cl)c3ccccc3F)c2cc1OC.Cl. The van der Waals surface area contributed by atoms with E-state index < -0.39 is 15.8 Å². The Morgan fingerprint density at radius 3 is 2.50 bits per heavy atom. The van der Waals surface area contributed by atoms with Gasteiger partial charge < -0.3 is 14.2 Å². The first-order chi connectivity index (χ1) is 15.8. The molecule has 0 radical (unpaired) electrons. The van der Waals surface area contributed by atoms with Crippen molar-refractivity contribution < 1.29 is 27.0 Å². The van der Waals surface area contributed by atoms with Gasteiger partial charge in [-0.2, -0.15) is 0 Å². The Kier molecular flexibility index (Phi) is 10.1. The van der Waals surface area contributed by atoms with Gasteiger partial charge in [-0.15, -0.1) is 12.4 Å². The molecule has 0 aliphatic heterocycles. The Bertz CT molecular complexity index is 1220. The maximum atomic E-state index is 14.2. The number of benzene rings is 2. The van der Waals surface area contributed by atoms with Gasteiger partial charge >= 0.3 is 0 Å². The Morgan fingerprint density at radius 1 is 1.09 bits per heavy atom. The Hall–Kier alpha value is -2.44. The van der Waals surface area contributed by atoms with Gasteiger partial charge in [0.2, 0.25) is 10.0 Å². The van der Waals surface area contributed by atoms with E-state index in [9.17, 15) is 12.8 Å². The molecule has 0 aliphatic carbocycles. The molecular weight excluding hydrogens is 510 g/mol. The number of hydrogen-bond acceptors (Lipinski definition) is 8. The second-order valence-electron chi connectivity index (χ2n) is 6.93. The second-order valence-corrected chi connectivity index (χ2v) is 9.46. The number of aromatic nitrogens is 2. The number of anilines is 2. The molecule has 0 fully saturated rings. The van der Waals surface area contributed by atoms with Crippen molar-refractivity contribution in [2.45, 2.75) is 0 Å². The van der Waals surface area contributed by atoms with Gasteiger partial charge in [0, 0.05) is 43.9 Å². The summed E-state index contributed by atoms with van der Waals surface area (Å²) < 4.78 is 56.9. The number of likely N-dealkylation sites (N-methyl/N-ethyl adjacent to an activating group) is 1. The highest BCUT2D eigenvalue weighted by Crippen LogP contribution is 2.38. The van der Waals surface area contributed by atoms with Gasteiger partial charge in [-0.05, 0) is 18.2 Å². The molecule has 34 heavy (non-hydrogen) atoms.